The molecule has 1 aromatic rings. The van der Waals surface area contributed by atoms with Gasteiger partial charge < -0.3 is 5.32 Å². The minimum atomic E-state index is 0.177. The molecular formula is C15H21N. The van der Waals surface area contributed by atoms with Crippen molar-refractivity contribution in [2.45, 2.75) is 44.2 Å². The smallest absolute Gasteiger partial charge is 0.0162 e. The second-order valence-electron chi connectivity index (χ2n) is 5.38. The lowest BCUT2D eigenvalue weighted by molar-refractivity contribution is 0.386. The van der Waals surface area contributed by atoms with Gasteiger partial charge in [0.2, 0.25) is 0 Å². The van der Waals surface area contributed by atoms with Gasteiger partial charge >= 0.3 is 0 Å². The van der Waals surface area contributed by atoms with Gasteiger partial charge in [-0.25, -0.2) is 0 Å². The molecule has 0 aromatic heterocycles. The molecule has 1 N–H and O–H groups in total. The third-order valence-electron chi connectivity index (χ3n) is 3.25. The summed E-state index contributed by atoms with van der Waals surface area (Å²) in [5.74, 6) is 0.713. The molecule has 0 amide bonds. The molecule has 0 radical (unpaired) electrons. The second-order valence-corrected chi connectivity index (χ2v) is 5.38. The average Bonchev–Trinajstić information content (AvgIpc) is 2.97. The molecule has 1 nitrogen and oxygen atoms in total. The van der Waals surface area contributed by atoms with Gasteiger partial charge in [0.15, 0.2) is 0 Å². The van der Waals surface area contributed by atoms with Gasteiger partial charge in [-0.15, -0.1) is 6.58 Å². The number of hydrogen-bond acceptors (Lipinski definition) is 1. The van der Waals surface area contributed by atoms with Crippen LogP contribution in [-0.2, 0) is 0 Å². The second kappa shape index (κ2) is 4.42. The molecule has 1 aromatic carbocycles. The Morgan fingerprint density at radius 2 is 2.06 bits per heavy atom. The SMILES string of the molecule is C=CCC(C)(C)NC1CC1c1ccccc1. The van der Waals surface area contributed by atoms with Gasteiger partial charge in [0.05, 0.1) is 0 Å². The van der Waals surface area contributed by atoms with Crippen LogP contribution in [0.4, 0.5) is 0 Å². The van der Waals surface area contributed by atoms with Crippen LogP contribution in [0.2, 0.25) is 0 Å². The molecule has 1 heteroatoms. The zero-order valence-electron chi connectivity index (χ0n) is 10.2. The maximum absolute atomic E-state index is 3.81. The van der Waals surface area contributed by atoms with Crippen molar-refractivity contribution >= 4 is 0 Å². The minimum Gasteiger partial charge on any atom is -0.308 e. The highest BCUT2D eigenvalue weighted by Gasteiger charge is 2.40. The van der Waals surface area contributed by atoms with Crippen molar-refractivity contribution in [2.75, 3.05) is 0 Å². The van der Waals surface area contributed by atoms with Crippen LogP contribution < -0.4 is 5.32 Å². The van der Waals surface area contributed by atoms with Gasteiger partial charge in [0.1, 0.15) is 0 Å². The van der Waals surface area contributed by atoms with E-state index in [0.717, 1.165) is 6.42 Å². The quantitative estimate of drug-likeness (QED) is 0.741. The number of rotatable bonds is 5. The lowest BCUT2D eigenvalue weighted by Crippen LogP contribution is -2.40. The molecule has 0 heterocycles. The largest absolute Gasteiger partial charge is 0.308 e. The fraction of sp³-hybridized carbons (Fsp3) is 0.467. The van der Waals surface area contributed by atoms with E-state index in [-0.39, 0.29) is 5.54 Å². The van der Waals surface area contributed by atoms with Crippen LogP contribution in [0.5, 0.6) is 0 Å². The van der Waals surface area contributed by atoms with Crippen molar-refractivity contribution in [3.8, 4) is 0 Å². The van der Waals surface area contributed by atoms with Crippen molar-refractivity contribution in [3.63, 3.8) is 0 Å². The van der Waals surface area contributed by atoms with E-state index in [0.29, 0.717) is 12.0 Å². The predicted octanol–water partition coefficient (Wildman–Crippen LogP) is 3.49. The monoisotopic (exact) mass is 215 g/mol. The molecule has 86 valence electrons. The highest BCUT2D eigenvalue weighted by molar-refractivity contribution is 5.28. The van der Waals surface area contributed by atoms with Crippen LogP contribution in [0.15, 0.2) is 43.0 Å². The van der Waals surface area contributed by atoms with Gasteiger partial charge in [-0.3, -0.25) is 0 Å². The first-order valence-corrected chi connectivity index (χ1v) is 6.06. The van der Waals surface area contributed by atoms with E-state index >= 15 is 0 Å². The Morgan fingerprint density at radius 3 is 2.69 bits per heavy atom. The third-order valence-corrected chi connectivity index (χ3v) is 3.25. The molecule has 0 bridgehead atoms. The predicted molar refractivity (Wildman–Crippen MR) is 69.6 cm³/mol. The zero-order chi connectivity index (χ0) is 11.6. The summed E-state index contributed by atoms with van der Waals surface area (Å²) in [6, 6.07) is 11.4. The molecule has 1 aliphatic carbocycles. The van der Waals surface area contributed by atoms with Crippen molar-refractivity contribution in [3.05, 3.63) is 48.6 Å². The Morgan fingerprint density at radius 1 is 1.38 bits per heavy atom. The van der Waals surface area contributed by atoms with E-state index in [1.165, 1.54) is 12.0 Å². The number of benzene rings is 1. The molecule has 1 aliphatic rings. The molecule has 2 atom stereocenters. The summed E-state index contributed by atoms with van der Waals surface area (Å²) in [4.78, 5) is 0. The first-order chi connectivity index (χ1) is 7.62. The molecule has 0 saturated heterocycles. The van der Waals surface area contributed by atoms with E-state index < -0.39 is 0 Å². The van der Waals surface area contributed by atoms with E-state index in [1.807, 2.05) is 6.08 Å². The van der Waals surface area contributed by atoms with Crippen LogP contribution in [0.25, 0.3) is 0 Å². The zero-order valence-corrected chi connectivity index (χ0v) is 10.2. The van der Waals surface area contributed by atoms with Crippen molar-refractivity contribution in [2.24, 2.45) is 0 Å². The third kappa shape index (κ3) is 2.73. The standard InChI is InChI=1S/C15H21N/c1-4-10-15(2,3)16-14-11-13(14)12-8-6-5-7-9-12/h4-9,13-14,16H,1,10-11H2,2-3H3. The molecular weight excluding hydrogens is 194 g/mol. The van der Waals surface area contributed by atoms with Gasteiger partial charge in [-0.1, -0.05) is 36.4 Å². The Kier molecular flexibility index (Phi) is 3.15. The summed E-state index contributed by atoms with van der Waals surface area (Å²) < 4.78 is 0. The molecule has 1 fully saturated rings. The van der Waals surface area contributed by atoms with Crippen LogP contribution in [0.3, 0.4) is 0 Å². The Bertz CT molecular complexity index is 353. The van der Waals surface area contributed by atoms with Crippen molar-refractivity contribution < 1.29 is 0 Å². The summed E-state index contributed by atoms with van der Waals surface area (Å²) in [5, 5.41) is 3.71. The fourth-order valence-electron chi connectivity index (χ4n) is 2.34. The lowest BCUT2D eigenvalue weighted by atomic mass is 10.0. The summed E-state index contributed by atoms with van der Waals surface area (Å²) in [6.07, 6.45) is 4.28. The maximum atomic E-state index is 3.81. The van der Waals surface area contributed by atoms with Gasteiger partial charge in [0.25, 0.3) is 0 Å². The van der Waals surface area contributed by atoms with E-state index in [2.05, 4.69) is 56.1 Å². The van der Waals surface area contributed by atoms with Gasteiger partial charge in [0, 0.05) is 17.5 Å². The Balaban J connectivity index is 1.90. The van der Waals surface area contributed by atoms with Crippen molar-refractivity contribution in [1.82, 2.24) is 5.32 Å². The molecule has 0 aliphatic heterocycles. The van der Waals surface area contributed by atoms with Gasteiger partial charge in [-0.2, -0.15) is 0 Å². The van der Waals surface area contributed by atoms with Gasteiger partial charge in [-0.05, 0) is 32.3 Å². The van der Waals surface area contributed by atoms with Crippen molar-refractivity contribution in [1.29, 1.82) is 0 Å². The summed E-state index contributed by atoms with van der Waals surface area (Å²) in [7, 11) is 0. The fourth-order valence-corrected chi connectivity index (χ4v) is 2.34. The van der Waals surface area contributed by atoms with E-state index in [9.17, 15) is 0 Å². The molecule has 0 spiro atoms. The maximum Gasteiger partial charge on any atom is 0.0162 e. The molecule has 1 saturated carbocycles. The average molecular weight is 215 g/mol. The minimum absolute atomic E-state index is 0.177. The molecule has 2 rings (SSSR count). The topological polar surface area (TPSA) is 12.0 Å². The summed E-state index contributed by atoms with van der Waals surface area (Å²) >= 11 is 0. The van der Waals surface area contributed by atoms with E-state index in [1.54, 1.807) is 0 Å². The summed E-state index contributed by atoms with van der Waals surface area (Å²) in [5.41, 5.74) is 1.64. The molecule has 2 unspecified atom stereocenters. The first-order valence-electron chi connectivity index (χ1n) is 6.06. The molecule has 16 heavy (non-hydrogen) atoms. The number of nitrogens with one attached hydrogen (secondary N) is 1. The van der Waals surface area contributed by atoms with Crippen LogP contribution in [0, 0.1) is 0 Å². The lowest BCUT2D eigenvalue weighted by Gasteiger charge is -2.25. The highest BCUT2D eigenvalue weighted by Crippen LogP contribution is 2.41. The summed E-state index contributed by atoms with van der Waals surface area (Å²) in [6.45, 7) is 8.30. The Hall–Kier alpha value is -1.08. The van der Waals surface area contributed by atoms with E-state index in [4.69, 9.17) is 0 Å². The van der Waals surface area contributed by atoms with Crippen LogP contribution >= 0.6 is 0 Å². The van der Waals surface area contributed by atoms with Crippen LogP contribution in [-0.4, -0.2) is 11.6 Å². The van der Waals surface area contributed by atoms with Crippen LogP contribution in [0.1, 0.15) is 38.2 Å². The number of hydrogen-bond donors (Lipinski definition) is 1. The normalized spacial score (nSPS) is 24.1. The Labute approximate surface area is 98.6 Å². The first kappa shape index (κ1) is 11.4. The highest BCUT2D eigenvalue weighted by atomic mass is 15.0.